The SMILES string of the molecule is Cc1noc(-c2ccc3c(c2)CCC(=O)N3)c1CN. The first-order valence-corrected chi connectivity index (χ1v) is 6.27. The van der Waals surface area contributed by atoms with Crippen LogP contribution in [0.3, 0.4) is 0 Å². The second-order valence-electron chi connectivity index (χ2n) is 4.70. The highest BCUT2D eigenvalue weighted by atomic mass is 16.5. The van der Waals surface area contributed by atoms with Crippen molar-refractivity contribution in [2.45, 2.75) is 26.3 Å². The zero-order valence-electron chi connectivity index (χ0n) is 10.7. The molecule has 2 aromatic rings. The monoisotopic (exact) mass is 257 g/mol. The number of nitrogens with zero attached hydrogens (tertiary/aromatic N) is 1. The van der Waals surface area contributed by atoms with E-state index in [2.05, 4.69) is 10.5 Å². The number of aromatic nitrogens is 1. The zero-order valence-corrected chi connectivity index (χ0v) is 10.7. The maximum Gasteiger partial charge on any atom is 0.224 e. The quantitative estimate of drug-likeness (QED) is 0.862. The summed E-state index contributed by atoms with van der Waals surface area (Å²) in [7, 11) is 0. The lowest BCUT2D eigenvalue weighted by atomic mass is 9.98. The van der Waals surface area contributed by atoms with E-state index < -0.39 is 0 Å². The van der Waals surface area contributed by atoms with E-state index in [-0.39, 0.29) is 5.91 Å². The Hall–Kier alpha value is -2.14. The third-order valence-electron chi connectivity index (χ3n) is 3.45. The van der Waals surface area contributed by atoms with Crippen LogP contribution < -0.4 is 11.1 Å². The number of aryl methyl sites for hydroxylation is 2. The molecule has 19 heavy (non-hydrogen) atoms. The Morgan fingerprint density at radius 1 is 1.42 bits per heavy atom. The highest BCUT2D eigenvalue weighted by molar-refractivity contribution is 5.94. The molecule has 5 nitrogen and oxygen atoms in total. The number of anilines is 1. The van der Waals surface area contributed by atoms with Crippen molar-refractivity contribution in [3.8, 4) is 11.3 Å². The van der Waals surface area contributed by atoms with Crippen molar-refractivity contribution in [2.24, 2.45) is 5.73 Å². The molecule has 3 rings (SSSR count). The van der Waals surface area contributed by atoms with Gasteiger partial charge < -0.3 is 15.6 Å². The molecule has 1 aromatic carbocycles. The normalized spacial score (nSPS) is 14.1. The van der Waals surface area contributed by atoms with E-state index in [1.54, 1.807) is 0 Å². The van der Waals surface area contributed by atoms with Gasteiger partial charge in [-0.25, -0.2) is 0 Å². The van der Waals surface area contributed by atoms with E-state index in [0.29, 0.717) is 13.0 Å². The minimum absolute atomic E-state index is 0.0680. The molecule has 3 N–H and O–H groups in total. The molecule has 0 saturated carbocycles. The Morgan fingerprint density at radius 3 is 3.05 bits per heavy atom. The Labute approximate surface area is 110 Å². The molecular weight excluding hydrogens is 242 g/mol. The van der Waals surface area contributed by atoms with Gasteiger partial charge in [-0.2, -0.15) is 0 Å². The van der Waals surface area contributed by atoms with Crippen LogP contribution in [0.25, 0.3) is 11.3 Å². The van der Waals surface area contributed by atoms with Crippen LogP contribution in [0.1, 0.15) is 23.2 Å². The van der Waals surface area contributed by atoms with Gasteiger partial charge in [0.05, 0.1) is 5.69 Å². The molecule has 2 heterocycles. The van der Waals surface area contributed by atoms with Crippen molar-refractivity contribution in [1.82, 2.24) is 5.16 Å². The maximum absolute atomic E-state index is 11.3. The van der Waals surface area contributed by atoms with Crippen LogP contribution in [0.5, 0.6) is 0 Å². The molecule has 1 aromatic heterocycles. The van der Waals surface area contributed by atoms with Gasteiger partial charge in [-0.05, 0) is 37.1 Å². The van der Waals surface area contributed by atoms with Gasteiger partial charge in [-0.1, -0.05) is 5.16 Å². The number of hydrogen-bond donors (Lipinski definition) is 2. The first-order chi connectivity index (χ1) is 9.19. The summed E-state index contributed by atoms with van der Waals surface area (Å²) in [5.41, 5.74) is 10.4. The van der Waals surface area contributed by atoms with E-state index >= 15 is 0 Å². The van der Waals surface area contributed by atoms with E-state index in [1.807, 2.05) is 25.1 Å². The number of nitrogens with two attached hydrogens (primary N) is 1. The summed E-state index contributed by atoms with van der Waals surface area (Å²) in [4.78, 5) is 11.3. The minimum Gasteiger partial charge on any atom is -0.356 e. The van der Waals surface area contributed by atoms with Gasteiger partial charge in [-0.3, -0.25) is 4.79 Å². The Bertz CT molecular complexity index is 646. The summed E-state index contributed by atoms with van der Waals surface area (Å²) in [6.07, 6.45) is 1.27. The summed E-state index contributed by atoms with van der Waals surface area (Å²) in [5.74, 6) is 0.790. The van der Waals surface area contributed by atoms with Gasteiger partial charge in [-0.15, -0.1) is 0 Å². The van der Waals surface area contributed by atoms with E-state index in [1.165, 1.54) is 0 Å². The number of rotatable bonds is 2. The third kappa shape index (κ3) is 2.02. The predicted octanol–water partition coefficient (Wildman–Crippen LogP) is 1.99. The largest absolute Gasteiger partial charge is 0.356 e. The first-order valence-electron chi connectivity index (χ1n) is 6.27. The van der Waals surface area contributed by atoms with Crippen molar-refractivity contribution < 1.29 is 9.32 Å². The fraction of sp³-hybridized carbons (Fsp3) is 0.286. The number of amides is 1. The van der Waals surface area contributed by atoms with Crippen molar-refractivity contribution in [2.75, 3.05) is 5.32 Å². The second kappa shape index (κ2) is 4.51. The van der Waals surface area contributed by atoms with Gasteiger partial charge in [0.15, 0.2) is 5.76 Å². The van der Waals surface area contributed by atoms with Crippen LogP contribution in [0.4, 0.5) is 5.69 Å². The van der Waals surface area contributed by atoms with Gasteiger partial charge in [0, 0.05) is 29.8 Å². The van der Waals surface area contributed by atoms with E-state index in [4.69, 9.17) is 10.3 Å². The Kier molecular flexibility index (Phi) is 2.83. The number of benzene rings is 1. The fourth-order valence-electron chi connectivity index (χ4n) is 2.38. The number of hydrogen-bond acceptors (Lipinski definition) is 4. The molecule has 0 spiro atoms. The summed E-state index contributed by atoms with van der Waals surface area (Å²) in [5, 5.41) is 6.83. The molecule has 1 aliphatic rings. The molecule has 1 amide bonds. The van der Waals surface area contributed by atoms with Crippen molar-refractivity contribution >= 4 is 11.6 Å². The molecule has 5 heteroatoms. The molecule has 0 bridgehead atoms. The molecule has 0 fully saturated rings. The Morgan fingerprint density at radius 2 is 2.26 bits per heavy atom. The standard InChI is InChI=1S/C14H15N3O2/c1-8-11(7-15)14(19-17-8)10-2-4-12-9(6-10)3-5-13(18)16-12/h2,4,6H,3,5,7,15H2,1H3,(H,16,18). The van der Waals surface area contributed by atoms with Crippen LogP contribution in [0.2, 0.25) is 0 Å². The van der Waals surface area contributed by atoms with E-state index in [0.717, 1.165) is 40.3 Å². The maximum atomic E-state index is 11.3. The predicted molar refractivity (Wildman–Crippen MR) is 71.5 cm³/mol. The molecule has 1 aliphatic heterocycles. The molecule has 0 saturated heterocycles. The number of carbonyl (C=O) groups excluding carboxylic acids is 1. The Balaban J connectivity index is 2.04. The molecule has 0 radical (unpaired) electrons. The van der Waals surface area contributed by atoms with Crippen LogP contribution in [-0.4, -0.2) is 11.1 Å². The zero-order chi connectivity index (χ0) is 13.4. The van der Waals surface area contributed by atoms with Crippen LogP contribution in [0, 0.1) is 6.92 Å². The van der Waals surface area contributed by atoms with Crippen molar-refractivity contribution in [3.05, 3.63) is 35.0 Å². The third-order valence-corrected chi connectivity index (χ3v) is 3.45. The van der Waals surface area contributed by atoms with Crippen LogP contribution in [-0.2, 0) is 17.8 Å². The molecule has 0 atom stereocenters. The van der Waals surface area contributed by atoms with Gasteiger partial charge in [0.1, 0.15) is 0 Å². The highest BCUT2D eigenvalue weighted by Crippen LogP contribution is 2.31. The van der Waals surface area contributed by atoms with Crippen LogP contribution in [0.15, 0.2) is 22.7 Å². The summed E-state index contributed by atoms with van der Waals surface area (Å²) >= 11 is 0. The average Bonchev–Trinajstić information content (AvgIpc) is 2.79. The van der Waals surface area contributed by atoms with Crippen LogP contribution >= 0.6 is 0 Å². The van der Waals surface area contributed by atoms with Gasteiger partial charge >= 0.3 is 0 Å². The first kappa shape index (κ1) is 11.9. The lowest BCUT2D eigenvalue weighted by Crippen LogP contribution is -2.18. The van der Waals surface area contributed by atoms with Crippen molar-refractivity contribution in [3.63, 3.8) is 0 Å². The second-order valence-corrected chi connectivity index (χ2v) is 4.70. The minimum atomic E-state index is 0.0680. The summed E-state index contributed by atoms with van der Waals surface area (Å²) in [6.45, 7) is 2.28. The lowest BCUT2D eigenvalue weighted by Gasteiger charge is -2.17. The number of nitrogens with one attached hydrogen (secondary N) is 1. The lowest BCUT2D eigenvalue weighted by molar-refractivity contribution is -0.116. The topological polar surface area (TPSA) is 81.2 Å². The average molecular weight is 257 g/mol. The summed E-state index contributed by atoms with van der Waals surface area (Å²) in [6, 6.07) is 5.86. The number of carbonyl (C=O) groups is 1. The fourth-order valence-corrected chi connectivity index (χ4v) is 2.38. The van der Waals surface area contributed by atoms with Crippen molar-refractivity contribution in [1.29, 1.82) is 0 Å². The molecular formula is C14H15N3O2. The van der Waals surface area contributed by atoms with Gasteiger partial charge in [0.2, 0.25) is 5.91 Å². The smallest absolute Gasteiger partial charge is 0.224 e. The molecule has 0 unspecified atom stereocenters. The summed E-state index contributed by atoms with van der Waals surface area (Å²) < 4.78 is 5.37. The highest BCUT2D eigenvalue weighted by Gasteiger charge is 2.18. The number of fused-ring (bicyclic) bond motifs is 1. The van der Waals surface area contributed by atoms with E-state index in [9.17, 15) is 4.79 Å². The molecule has 98 valence electrons. The van der Waals surface area contributed by atoms with Gasteiger partial charge in [0.25, 0.3) is 0 Å². The molecule has 0 aliphatic carbocycles.